The SMILES string of the molecule is COc1cccc(C(=O)c2ccc(C(=O)c3cccc(OC)c3)c3ccccc23)c1. The van der Waals surface area contributed by atoms with E-state index in [9.17, 15) is 9.59 Å². The number of rotatable bonds is 6. The van der Waals surface area contributed by atoms with Crippen LogP contribution < -0.4 is 9.47 Å². The summed E-state index contributed by atoms with van der Waals surface area (Å²) >= 11 is 0. The Morgan fingerprint density at radius 1 is 0.567 bits per heavy atom. The molecule has 0 aliphatic rings. The van der Waals surface area contributed by atoms with Crippen molar-refractivity contribution in [2.75, 3.05) is 14.2 Å². The number of ketones is 2. The second-order valence-electron chi connectivity index (χ2n) is 6.83. The summed E-state index contributed by atoms with van der Waals surface area (Å²) in [6, 6.07) is 25.0. The van der Waals surface area contributed by atoms with Crippen molar-refractivity contribution in [3.8, 4) is 11.5 Å². The molecular weight excluding hydrogens is 376 g/mol. The first-order valence-electron chi connectivity index (χ1n) is 9.51. The Kier molecular flexibility index (Phi) is 5.31. The molecule has 0 atom stereocenters. The third kappa shape index (κ3) is 3.55. The highest BCUT2D eigenvalue weighted by molar-refractivity contribution is 6.22. The van der Waals surface area contributed by atoms with E-state index in [0.717, 1.165) is 10.8 Å². The number of benzene rings is 4. The minimum Gasteiger partial charge on any atom is -0.497 e. The van der Waals surface area contributed by atoms with Crippen molar-refractivity contribution >= 4 is 22.3 Å². The van der Waals surface area contributed by atoms with E-state index in [2.05, 4.69) is 0 Å². The van der Waals surface area contributed by atoms with Crippen LogP contribution in [0.25, 0.3) is 10.8 Å². The number of hydrogen-bond donors (Lipinski definition) is 0. The molecule has 0 bridgehead atoms. The first-order chi connectivity index (χ1) is 14.6. The minimum atomic E-state index is -0.120. The van der Waals surface area contributed by atoms with Crippen molar-refractivity contribution in [2.45, 2.75) is 0 Å². The lowest BCUT2D eigenvalue weighted by atomic mass is 9.91. The van der Waals surface area contributed by atoms with Gasteiger partial charge in [-0.3, -0.25) is 9.59 Å². The second-order valence-corrected chi connectivity index (χ2v) is 6.83. The van der Waals surface area contributed by atoms with Gasteiger partial charge in [-0.25, -0.2) is 0 Å². The minimum absolute atomic E-state index is 0.120. The lowest BCUT2D eigenvalue weighted by molar-refractivity contribution is 0.102. The fraction of sp³-hybridized carbons (Fsp3) is 0.0769. The van der Waals surface area contributed by atoms with Crippen molar-refractivity contribution in [3.63, 3.8) is 0 Å². The Labute approximate surface area is 174 Å². The lowest BCUT2D eigenvalue weighted by Crippen LogP contribution is -2.07. The van der Waals surface area contributed by atoms with Gasteiger partial charge in [0, 0.05) is 22.3 Å². The van der Waals surface area contributed by atoms with Crippen LogP contribution in [0.3, 0.4) is 0 Å². The summed E-state index contributed by atoms with van der Waals surface area (Å²) in [4.78, 5) is 26.4. The molecule has 4 aromatic rings. The average Bonchev–Trinajstić information content (AvgIpc) is 2.82. The molecule has 30 heavy (non-hydrogen) atoms. The van der Waals surface area contributed by atoms with Crippen LogP contribution in [0.5, 0.6) is 11.5 Å². The van der Waals surface area contributed by atoms with Crippen LogP contribution in [-0.2, 0) is 0 Å². The Balaban J connectivity index is 1.82. The maximum Gasteiger partial charge on any atom is 0.193 e. The summed E-state index contributed by atoms with van der Waals surface area (Å²) in [5.41, 5.74) is 2.15. The Bertz CT molecular complexity index is 1160. The second kappa shape index (κ2) is 8.21. The largest absolute Gasteiger partial charge is 0.497 e. The number of carbonyl (C=O) groups is 2. The van der Waals surface area contributed by atoms with Crippen molar-refractivity contribution in [1.82, 2.24) is 0 Å². The van der Waals surface area contributed by atoms with Crippen LogP contribution in [-0.4, -0.2) is 25.8 Å². The van der Waals surface area contributed by atoms with Gasteiger partial charge in [-0.15, -0.1) is 0 Å². The van der Waals surface area contributed by atoms with Gasteiger partial charge in [0.25, 0.3) is 0 Å². The molecule has 0 saturated heterocycles. The molecule has 148 valence electrons. The van der Waals surface area contributed by atoms with Crippen molar-refractivity contribution in [2.24, 2.45) is 0 Å². The van der Waals surface area contributed by atoms with Gasteiger partial charge in [-0.2, -0.15) is 0 Å². The van der Waals surface area contributed by atoms with Gasteiger partial charge in [0.2, 0.25) is 0 Å². The highest BCUT2D eigenvalue weighted by Crippen LogP contribution is 2.28. The Hall–Kier alpha value is -3.92. The fourth-order valence-electron chi connectivity index (χ4n) is 3.53. The molecule has 0 spiro atoms. The van der Waals surface area contributed by atoms with Gasteiger partial charge >= 0.3 is 0 Å². The predicted molar refractivity (Wildman–Crippen MR) is 117 cm³/mol. The van der Waals surface area contributed by atoms with E-state index in [1.54, 1.807) is 74.9 Å². The molecule has 4 aromatic carbocycles. The molecule has 0 aliphatic carbocycles. The molecule has 4 nitrogen and oxygen atoms in total. The van der Waals surface area contributed by atoms with Gasteiger partial charge in [0.1, 0.15) is 11.5 Å². The smallest absolute Gasteiger partial charge is 0.193 e. The Morgan fingerprint density at radius 3 is 1.40 bits per heavy atom. The zero-order chi connectivity index (χ0) is 21.1. The maximum atomic E-state index is 13.2. The third-order valence-corrected chi connectivity index (χ3v) is 5.08. The van der Waals surface area contributed by atoms with Gasteiger partial charge < -0.3 is 9.47 Å². The summed E-state index contributed by atoms with van der Waals surface area (Å²) in [6.45, 7) is 0. The predicted octanol–water partition coefficient (Wildman–Crippen LogP) is 5.32. The Morgan fingerprint density at radius 2 is 1.00 bits per heavy atom. The summed E-state index contributed by atoms with van der Waals surface area (Å²) in [7, 11) is 3.13. The van der Waals surface area contributed by atoms with Gasteiger partial charge in [-0.1, -0.05) is 48.5 Å². The quantitative estimate of drug-likeness (QED) is 0.414. The first-order valence-corrected chi connectivity index (χ1v) is 9.51. The zero-order valence-electron chi connectivity index (χ0n) is 16.7. The number of methoxy groups -OCH3 is 2. The monoisotopic (exact) mass is 396 g/mol. The van der Waals surface area contributed by atoms with E-state index in [-0.39, 0.29) is 11.6 Å². The number of ether oxygens (including phenoxy) is 2. The molecule has 0 fully saturated rings. The van der Waals surface area contributed by atoms with Gasteiger partial charge in [0.15, 0.2) is 11.6 Å². The van der Waals surface area contributed by atoms with Crippen LogP contribution in [0.1, 0.15) is 31.8 Å². The third-order valence-electron chi connectivity index (χ3n) is 5.08. The molecule has 0 N–H and O–H groups in total. The summed E-state index contributed by atoms with van der Waals surface area (Å²) in [6.07, 6.45) is 0. The maximum absolute atomic E-state index is 13.2. The van der Waals surface area contributed by atoms with E-state index in [1.807, 2.05) is 24.3 Å². The molecule has 0 aromatic heterocycles. The van der Waals surface area contributed by atoms with E-state index < -0.39 is 0 Å². The van der Waals surface area contributed by atoms with Crippen LogP contribution in [0.2, 0.25) is 0 Å². The molecule has 0 aliphatic heterocycles. The molecule has 4 rings (SSSR count). The molecule has 0 saturated carbocycles. The van der Waals surface area contributed by atoms with Gasteiger partial charge in [0.05, 0.1) is 14.2 Å². The van der Waals surface area contributed by atoms with E-state index in [0.29, 0.717) is 33.8 Å². The first kappa shape index (κ1) is 19.4. The van der Waals surface area contributed by atoms with Crippen molar-refractivity contribution < 1.29 is 19.1 Å². The number of carbonyl (C=O) groups excluding carboxylic acids is 2. The molecule has 0 unspecified atom stereocenters. The molecular formula is C26H20O4. The standard InChI is InChI=1S/C26H20O4/c1-29-19-9-5-7-17(15-19)25(27)23-13-14-24(22-12-4-3-11-21(22)23)26(28)18-8-6-10-20(16-18)30-2/h3-16H,1-2H3. The lowest BCUT2D eigenvalue weighted by Gasteiger charge is -2.11. The zero-order valence-corrected chi connectivity index (χ0v) is 16.7. The topological polar surface area (TPSA) is 52.6 Å². The van der Waals surface area contributed by atoms with Crippen LogP contribution in [0.15, 0.2) is 84.9 Å². The number of fused-ring (bicyclic) bond motifs is 1. The molecule has 0 heterocycles. The summed E-state index contributed by atoms with van der Waals surface area (Å²) in [5.74, 6) is 1.00. The molecule has 0 radical (unpaired) electrons. The highest BCUT2D eigenvalue weighted by atomic mass is 16.5. The van der Waals surface area contributed by atoms with Crippen molar-refractivity contribution in [3.05, 3.63) is 107 Å². The summed E-state index contributed by atoms with van der Waals surface area (Å²) in [5, 5.41) is 1.47. The van der Waals surface area contributed by atoms with E-state index >= 15 is 0 Å². The van der Waals surface area contributed by atoms with Crippen LogP contribution >= 0.6 is 0 Å². The van der Waals surface area contributed by atoms with Crippen LogP contribution in [0.4, 0.5) is 0 Å². The normalized spacial score (nSPS) is 10.6. The molecule has 4 heteroatoms. The highest BCUT2D eigenvalue weighted by Gasteiger charge is 2.18. The summed E-state index contributed by atoms with van der Waals surface area (Å²) < 4.78 is 10.5. The fourth-order valence-corrected chi connectivity index (χ4v) is 3.53. The number of hydrogen-bond acceptors (Lipinski definition) is 4. The van der Waals surface area contributed by atoms with E-state index in [1.165, 1.54) is 0 Å². The van der Waals surface area contributed by atoms with Crippen molar-refractivity contribution in [1.29, 1.82) is 0 Å². The van der Waals surface area contributed by atoms with Crippen LogP contribution in [0, 0.1) is 0 Å². The van der Waals surface area contributed by atoms with E-state index in [4.69, 9.17) is 9.47 Å². The average molecular weight is 396 g/mol. The molecule has 0 amide bonds. The van der Waals surface area contributed by atoms with Gasteiger partial charge in [-0.05, 0) is 47.2 Å².